The van der Waals surface area contributed by atoms with Crippen molar-refractivity contribution in [2.45, 2.75) is 6.42 Å². The van der Waals surface area contributed by atoms with Crippen LogP contribution in [0, 0.1) is 0 Å². The normalized spacial score (nSPS) is 10.9. The highest BCUT2D eigenvalue weighted by molar-refractivity contribution is 6.02. The summed E-state index contributed by atoms with van der Waals surface area (Å²) in [5.74, 6) is -0.150. The van der Waals surface area contributed by atoms with Crippen LogP contribution in [0.1, 0.15) is 16.8 Å². The largest absolute Gasteiger partial charge is 0.478 e. The van der Waals surface area contributed by atoms with Gasteiger partial charge in [-0.1, -0.05) is 6.07 Å². The van der Waals surface area contributed by atoms with Crippen molar-refractivity contribution in [1.82, 2.24) is 9.88 Å². The highest BCUT2D eigenvalue weighted by Gasteiger charge is 2.08. The second-order valence-corrected chi connectivity index (χ2v) is 4.96. The second-order valence-electron chi connectivity index (χ2n) is 4.96. The summed E-state index contributed by atoms with van der Waals surface area (Å²) in [5.41, 5.74) is 0.983. The Hall–Kier alpha value is -2.14. The first kappa shape index (κ1) is 14.3. The number of carboxylic acids is 1. The van der Waals surface area contributed by atoms with Crippen molar-refractivity contribution in [2.75, 3.05) is 32.5 Å². The highest BCUT2D eigenvalue weighted by atomic mass is 16.4. The molecule has 2 aromatic rings. The Labute approximate surface area is 118 Å². The lowest BCUT2D eigenvalue weighted by Gasteiger charge is -2.10. The number of aromatic nitrogens is 1. The lowest BCUT2D eigenvalue weighted by molar-refractivity contribution is 0.0699. The van der Waals surface area contributed by atoms with E-state index in [1.165, 1.54) is 0 Å². The van der Waals surface area contributed by atoms with Gasteiger partial charge >= 0.3 is 5.97 Å². The van der Waals surface area contributed by atoms with Crippen LogP contribution in [0.2, 0.25) is 0 Å². The third-order valence-corrected chi connectivity index (χ3v) is 3.05. The van der Waals surface area contributed by atoms with Gasteiger partial charge in [0, 0.05) is 11.9 Å². The standard InChI is InChI=1S/C15H19N3O2/c1-18(2)10-4-9-16-14-8-7-11-12(15(19)20)5-3-6-13(11)17-14/h3,5-8H,4,9-10H2,1-2H3,(H,16,17)(H,19,20). The number of pyridine rings is 1. The van der Waals surface area contributed by atoms with Crippen molar-refractivity contribution >= 4 is 22.7 Å². The minimum absolute atomic E-state index is 0.286. The summed E-state index contributed by atoms with van der Waals surface area (Å²) in [6.07, 6.45) is 1.03. The monoisotopic (exact) mass is 273 g/mol. The molecule has 106 valence electrons. The van der Waals surface area contributed by atoms with Crippen molar-refractivity contribution in [3.8, 4) is 0 Å². The summed E-state index contributed by atoms with van der Waals surface area (Å²) in [5, 5.41) is 13.1. The van der Waals surface area contributed by atoms with Crippen molar-refractivity contribution < 1.29 is 9.90 Å². The molecule has 0 aliphatic heterocycles. The fourth-order valence-corrected chi connectivity index (χ4v) is 2.05. The Kier molecular flexibility index (Phi) is 4.53. The molecule has 0 unspecified atom stereocenters. The van der Waals surface area contributed by atoms with Gasteiger partial charge in [0.05, 0.1) is 11.1 Å². The van der Waals surface area contributed by atoms with Gasteiger partial charge < -0.3 is 15.3 Å². The second kappa shape index (κ2) is 6.34. The van der Waals surface area contributed by atoms with Gasteiger partial charge in [-0.15, -0.1) is 0 Å². The molecule has 5 heteroatoms. The lowest BCUT2D eigenvalue weighted by atomic mass is 10.1. The van der Waals surface area contributed by atoms with E-state index in [0.29, 0.717) is 10.9 Å². The summed E-state index contributed by atoms with van der Waals surface area (Å²) in [4.78, 5) is 17.7. The van der Waals surface area contributed by atoms with Crippen LogP contribution < -0.4 is 5.32 Å². The molecule has 0 spiro atoms. The quantitative estimate of drug-likeness (QED) is 0.791. The summed E-state index contributed by atoms with van der Waals surface area (Å²) in [6, 6.07) is 8.77. The molecule has 0 fully saturated rings. The van der Waals surface area contributed by atoms with Crippen LogP contribution in [0.25, 0.3) is 10.9 Å². The van der Waals surface area contributed by atoms with E-state index < -0.39 is 5.97 Å². The SMILES string of the molecule is CN(C)CCCNc1ccc2c(C(=O)O)cccc2n1. The molecule has 0 aliphatic rings. The Bertz CT molecular complexity index is 611. The van der Waals surface area contributed by atoms with Crippen LogP contribution in [-0.2, 0) is 0 Å². The van der Waals surface area contributed by atoms with E-state index in [9.17, 15) is 4.79 Å². The molecular formula is C15H19N3O2. The number of carboxylic acid groups (broad SMARTS) is 1. The van der Waals surface area contributed by atoms with Crippen LogP contribution >= 0.6 is 0 Å². The zero-order valence-corrected chi connectivity index (χ0v) is 11.8. The van der Waals surface area contributed by atoms with Gasteiger partial charge in [0.15, 0.2) is 0 Å². The van der Waals surface area contributed by atoms with E-state index in [1.807, 2.05) is 26.2 Å². The maximum absolute atomic E-state index is 11.1. The molecular weight excluding hydrogens is 254 g/mol. The van der Waals surface area contributed by atoms with Crippen LogP contribution in [0.5, 0.6) is 0 Å². The zero-order valence-electron chi connectivity index (χ0n) is 11.8. The van der Waals surface area contributed by atoms with Crippen LogP contribution in [0.4, 0.5) is 5.82 Å². The predicted molar refractivity (Wildman–Crippen MR) is 80.4 cm³/mol. The molecule has 0 bridgehead atoms. The van der Waals surface area contributed by atoms with Crippen LogP contribution in [0.3, 0.4) is 0 Å². The number of benzene rings is 1. The molecule has 0 amide bonds. The van der Waals surface area contributed by atoms with E-state index in [4.69, 9.17) is 5.11 Å². The Morgan fingerprint density at radius 3 is 2.80 bits per heavy atom. The van der Waals surface area contributed by atoms with Crippen molar-refractivity contribution in [3.63, 3.8) is 0 Å². The van der Waals surface area contributed by atoms with Gasteiger partial charge in [-0.05, 0) is 51.3 Å². The number of fused-ring (bicyclic) bond motifs is 1. The minimum Gasteiger partial charge on any atom is -0.478 e. The number of anilines is 1. The van der Waals surface area contributed by atoms with E-state index in [-0.39, 0.29) is 5.56 Å². The fourth-order valence-electron chi connectivity index (χ4n) is 2.05. The third kappa shape index (κ3) is 3.45. The predicted octanol–water partition coefficient (Wildman–Crippen LogP) is 2.30. The molecule has 0 saturated carbocycles. The van der Waals surface area contributed by atoms with Crippen LogP contribution in [-0.4, -0.2) is 48.1 Å². The summed E-state index contributed by atoms with van der Waals surface area (Å²) >= 11 is 0. The average Bonchev–Trinajstić information content (AvgIpc) is 2.42. The third-order valence-electron chi connectivity index (χ3n) is 3.05. The Morgan fingerprint density at radius 2 is 2.10 bits per heavy atom. The first-order chi connectivity index (χ1) is 9.58. The molecule has 2 N–H and O–H groups in total. The number of rotatable bonds is 6. The number of carbonyl (C=O) groups is 1. The fraction of sp³-hybridized carbons (Fsp3) is 0.333. The molecule has 0 aliphatic carbocycles. The smallest absolute Gasteiger partial charge is 0.336 e. The number of hydrogen-bond donors (Lipinski definition) is 2. The summed E-state index contributed by atoms with van der Waals surface area (Å²) in [7, 11) is 4.09. The van der Waals surface area contributed by atoms with Gasteiger partial charge in [-0.3, -0.25) is 0 Å². The molecule has 5 nitrogen and oxygen atoms in total. The molecule has 2 rings (SSSR count). The maximum atomic E-state index is 11.1. The number of nitrogens with one attached hydrogen (secondary N) is 1. The van der Waals surface area contributed by atoms with E-state index in [0.717, 1.165) is 25.3 Å². The molecule has 1 heterocycles. The van der Waals surface area contributed by atoms with Gasteiger partial charge in [0.1, 0.15) is 5.82 Å². The molecule has 20 heavy (non-hydrogen) atoms. The van der Waals surface area contributed by atoms with Gasteiger partial charge in [-0.25, -0.2) is 9.78 Å². The highest BCUT2D eigenvalue weighted by Crippen LogP contribution is 2.19. The number of hydrogen-bond acceptors (Lipinski definition) is 4. The van der Waals surface area contributed by atoms with Crippen LogP contribution in [0.15, 0.2) is 30.3 Å². The number of aromatic carboxylic acids is 1. The van der Waals surface area contributed by atoms with Crippen molar-refractivity contribution in [2.24, 2.45) is 0 Å². The molecule has 1 aromatic heterocycles. The molecule has 0 atom stereocenters. The van der Waals surface area contributed by atoms with E-state index >= 15 is 0 Å². The zero-order chi connectivity index (χ0) is 14.5. The minimum atomic E-state index is -0.927. The maximum Gasteiger partial charge on any atom is 0.336 e. The summed E-state index contributed by atoms with van der Waals surface area (Å²) in [6.45, 7) is 1.86. The van der Waals surface area contributed by atoms with Gasteiger partial charge in [0.25, 0.3) is 0 Å². The van der Waals surface area contributed by atoms with Gasteiger partial charge in [-0.2, -0.15) is 0 Å². The topological polar surface area (TPSA) is 65.5 Å². The average molecular weight is 273 g/mol. The molecule has 0 saturated heterocycles. The molecule has 1 aromatic carbocycles. The Morgan fingerprint density at radius 1 is 1.30 bits per heavy atom. The van der Waals surface area contributed by atoms with E-state index in [2.05, 4.69) is 15.2 Å². The van der Waals surface area contributed by atoms with Crippen molar-refractivity contribution in [3.05, 3.63) is 35.9 Å². The Balaban J connectivity index is 2.12. The first-order valence-corrected chi connectivity index (χ1v) is 6.59. The summed E-state index contributed by atoms with van der Waals surface area (Å²) < 4.78 is 0. The van der Waals surface area contributed by atoms with Gasteiger partial charge in [0.2, 0.25) is 0 Å². The van der Waals surface area contributed by atoms with Crippen molar-refractivity contribution in [1.29, 1.82) is 0 Å². The number of nitrogens with zero attached hydrogens (tertiary/aromatic N) is 2. The van der Waals surface area contributed by atoms with E-state index in [1.54, 1.807) is 18.2 Å². The lowest BCUT2D eigenvalue weighted by Crippen LogP contribution is -2.16. The first-order valence-electron chi connectivity index (χ1n) is 6.59. The molecule has 0 radical (unpaired) electrons.